The number of carbonyl (C=O) groups is 4. The molecule has 6 fully saturated rings. The number of fused-ring (bicyclic) bond motifs is 8. The number of ether oxygens (including phenoxy) is 8. The minimum atomic E-state index is -1.59. The van der Waals surface area contributed by atoms with Crippen molar-refractivity contribution >= 4 is 23.9 Å². The maximum atomic E-state index is 15.3. The van der Waals surface area contributed by atoms with E-state index in [1.165, 1.54) is 26.3 Å². The van der Waals surface area contributed by atoms with Crippen LogP contribution in [0.15, 0.2) is 72.3 Å². The molecule has 0 amide bonds. The predicted molar refractivity (Wildman–Crippen MR) is 255 cm³/mol. The highest BCUT2D eigenvalue weighted by molar-refractivity contribution is 5.79. The number of rotatable bonds is 10. The molecule has 7 aliphatic rings. The number of carbonyl (C=O) groups excluding carboxylic acids is 4. The highest BCUT2D eigenvalue weighted by Crippen LogP contribution is 2.76. The SMILES string of the molecule is CC(=O)OC[C@H]1O[C@@H]2OC(C)(O[C@H]3CC[C@]4(C)[C@H]5CC=C6[C@@H]7CC(C)(C)CC[C@]7(C(=O)OC(c7ccccc7)c7ccccc7)CC[C@@]6(C)[C@]5(C)CC[C@H]4C3(C)C)O[C@@H]2[C@@H](OC(C)=O)[C@@H]1OC(C)=O. The van der Waals surface area contributed by atoms with Crippen molar-refractivity contribution in [1.29, 1.82) is 0 Å². The van der Waals surface area contributed by atoms with Crippen molar-refractivity contribution in [2.75, 3.05) is 6.61 Å². The van der Waals surface area contributed by atoms with Crippen molar-refractivity contribution in [3.8, 4) is 0 Å². The number of benzene rings is 2. The van der Waals surface area contributed by atoms with E-state index in [1.54, 1.807) is 6.92 Å². The lowest BCUT2D eigenvalue weighted by Gasteiger charge is -2.71. The van der Waals surface area contributed by atoms with Gasteiger partial charge in [-0.15, -0.1) is 0 Å². The van der Waals surface area contributed by atoms with E-state index in [0.29, 0.717) is 11.8 Å². The van der Waals surface area contributed by atoms with Gasteiger partial charge in [0.2, 0.25) is 0 Å². The van der Waals surface area contributed by atoms with Crippen LogP contribution in [0, 0.1) is 50.2 Å². The molecule has 1 unspecified atom stereocenters. The Kier molecular flexibility index (Phi) is 12.9. The molecule has 2 aromatic rings. The molecule has 12 nitrogen and oxygen atoms in total. The standard InChI is InChI=1S/C57H76O12/c1-34(58)62-33-41-46(63-35(2)59)47(64-36(3)60)48-49(65-41)69-56(11,68-48)67-44-25-26-53(8)42(52(44,6)7)24-27-55(10)43(53)23-22-39-40-32-51(4,5)28-30-57(40,31-29-54(39,55)9)50(61)66-45(37-18-14-12-15-19-37)38-20-16-13-17-21-38/h12-22,40-49H,23-33H2,1-11H3/t40-,41+,42-,43+,44-,46+,47-,48+,49+,53-,54+,55+,56?,57-/m0/s1. The Balaban J connectivity index is 0.966. The topological polar surface area (TPSA) is 142 Å². The average Bonchev–Trinajstić information content (AvgIpc) is 3.62. The van der Waals surface area contributed by atoms with Crippen LogP contribution in [-0.4, -0.2) is 73.3 Å². The quantitative estimate of drug-likeness (QED) is 0.127. The van der Waals surface area contributed by atoms with Gasteiger partial charge in [0.25, 0.3) is 5.97 Å². The molecule has 0 aromatic heterocycles. The van der Waals surface area contributed by atoms with E-state index in [2.05, 4.69) is 78.8 Å². The van der Waals surface area contributed by atoms with Crippen LogP contribution < -0.4 is 0 Å². The summed E-state index contributed by atoms with van der Waals surface area (Å²) in [4.78, 5) is 51.9. The lowest BCUT2D eigenvalue weighted by molar-refractivity contribution is -0.378. The van der Waals surface area contributed by atoms with Crippen molar-refractivity contribution in [3.05, 3.63) is 83.4 Å². The molecule has 9 rings (SSSR count). The normalized spacial score (nSPS) is 40.6. The highest BCUT2D eigenvalue weighted by atomic mass is 16.9. The molecular formula is C57H76O12. The molecule has 69 heavy (non-hydrogen) atoms. The van der Waals surface area contributed by atoms with Gasteiger partial charge < -0.3 is 33.2 Å². The van der Waals surface area contributed by atoms with Gasteiger partial charge >= 0.3 is 23.9 Å². The Morgan fingerprint density at radius 1 is 0.696 bits per heavy atom. The van der Waals surface area contributed by atoms with Gasteiger partial charge in [0.1, 0.15) is 12.7 Å². The molecule has 0 N–H and O–H groups in total. The fourth-order valence-electron chi connectivity index (χ4n) is 15.5. The van der Waals surface area contributed by atoms with E-state index in [0.717, 1.165) is 75.3 Å². The Bertz CT molecular complexity index is 2270. The van der Waals surface area contributed by atoms with E-state index >= 15 is 4.79 Å². The third kappa shape index (κ3) is 8.58. The second-order valence-electron chi connectivity index (χ2n) is 24.0. The molecular weight excluding hydrogens is 877 g/mol. The molecule has 4 saturated carbocycles. The molecule has 376 valence electrons. The van der Waals surface area contributed by atoms with Gasteiger partial charge in [-0.05, 0) is 120 Å². The van der Waals surface area contributed by atoms with Crippen molar-refractivity contribution in [2.45, 2.75) is 189 Å². The highest BCUT2D eigenvalue weighted by Gasteiger charge is 2.70. The van der Waals surface area contributed by atoms with Gasteiger partial charge in [0.05, 0.1) is 11.5 Å². The number of hydrogen-bond acceptors (Lipinski definition) is 12. The van der Waals surface area contributed by atoms with E-state index in [-0.39, 0.29) is 51.7 Å². The maximum Gasteiger partial charge on any atom is 0.313 e. The van der Waals surface area contributed by atoms with Crippen LogP contribution >= 0.6 is 0 Å². The zero-order valence-electron chi connectivity index (χ0n) is 42.8. The molecule has 2 aromatic carbocycles. The zero-order valence-corrected chi connectivity index (χ0v) is 42.8. The summed E-state index contributed by atoms with van der Waals surface area (Å²) < 4.78 is 49.8. The van der Waals surface area contributed by atoms with E-state index in [4.69, 9.17) is 37.9 Å². The summed E-state index contributed by atoms with van der Waals surface area (Å²) in [6.07, 6.45) is 5.90. The maximum absolute atomic E-state index is 15.3. The van der Waals surface area contributed by atoms with E-state index in [1.807, 2.05) is 36.4 Å². The number of allylic oxidation sites excluding steroid dienone is 2. The van der Waals surface area contributed by atoms with Gasteiger partial charge in [-0.3, -0.25) is 23.9 Å². The predicted octanol–water partition coefficient (Wildman–Crippen LogP) is 10.7. The first-order valence-corrected chi connectivity index (χ1v) is 25.6. The molecule has 0 spiro atoms. The van der Waals surface area contributed by atoms with Crippen LogP contribution in [0.5, 0.6) is 0 Å². The first kappa shape index (κ1) is 49.9. The molecule has 2 saturated heterocycles. The Labute approximate surface area is 409 Å². The van der Waals surface area contributed by atoms with Gasteiger partial charge in [-0.1, -0.05) is 121 Å². The zero-order chi connectivity index (χ0) is 49.5. The third-order valence-corrected chi connectivity index (χ3v) is 19.1. The van der Waals surface area contributed by atoms with Crippen LogP contribution in [-0.2, 0) is 57.1 Å². The van der Waals surface area contributed by atoms with Gasteiger partial charge in [0, 0.05) is 27.7 Å². The van der Waals surface area contributed by atoms with Crippen LogP contribution in [0.3, 0.4) is 0 Å². The summed E-state index contributed by atoms with van der Waals surface area (Å²) >= 11 is 0. The summed E-state index contributed by atoms with van der Waals surface area (Å²) in [5, 5.41) is 0. The van der Waals surface area contributed by atoms with E-state index in [9.17, 15) is 14.4 Å². The smallest absolute Gasteiger partial charge is 0.313 e. The molecule has 2 heterocycles. The van der Waals surface area contributed by atoms with Crippen molar-refractivity contribution < 1.29 is 57.1 Å². The molecule has 0 radical (unpaired) electrons. The fraction of sp³-hybridized carbons (Fsp3) is 0.684. The van der Waals surface area contributed by atoms with E-state index < -0.39 is 66.1 Å². The molecule has 12 heteroatoms. The Morgan fingerprint density at radius 3 is 1.94 bits per heavy atom. The summed E-state index contributed by atoms with van der Waals surface area (Å²) in [6.45, 7) is 22.3. The van der Waals surface area contributed by atoms with Crippen LogP contribution in [0.1, 0.15) is 158 Å². The molecule has 14 atom stereocenters. The van der Waals surface area contributed by atoms with Gasteiger partial charge in [0.15, 0.2) is 30.7 Å². The largest absolute Gasteiger partial charge is 0.463 e. The number of hydrogen-bond donors (Lipinski definition) is 0. The number of esters is 4. The summed E-state index contributed by atoms with van der Waals surface area (Å²) in [6, 6.07) is 20.4. The molecule has 0 bridgehead atoms. The minimum absolute atomic E-state index is 0.00368. The Morgan fingerprint density at radius 2 is 1.32 bits per heavy atom. The van der Waals surface area contributed by atoms with Crippen molar-refractivity contribution in [1.82, 2.24) is 0 Å². The van der Waals surface area contributed by atoms with Gasteiger partial charge in [-0.25, -0.2) is 0 Å². The van der Waals surface area contributed by atoms with Crippen LogP contribution in [0.25, 0.3) is 0 Å². The minimum Gasteiger partial charge on any atom is -0.463 e. The second kappa shape index (κ2) is 17.9. The second-order valence-corrected chi connectivity index (χ2v) is 24.0. The first-order chi connectivity index (χ1) is 32.5. The average molecular weight is 953 g/mol. The van der Waals surface area contributed by atoms with Crippen molar-refractivity contribution in [2.24, 2.45) is 50.2 Å². The lowest BCUT2D eigenvalue weighted by atomic mass is 9.33. The summed E-state index contributed by atoms with van der Waals surface area (Å²) in [5.41, 5.74) is 2.59. The molecule has 5 aliphatic carbocycles. The first-order valence-electron chi connectivity index (χ1n) is 25.6. The summed E-state index contributed by atoms with van der Waals surface area (Å²) in [5.74, 6) is -2.57. The summed E-state index contributed by atoms with van der Waals surface area (Å²) in [7, 11) is 0. The lowest BCUT2D eigenvalue weighted by Crippen LogP contribution is -2.65. The monoisotopic (exact) mass is 953 g/mol. The van der Waals surface area contributed by atoms with Crippen LogP contribution in [0.2, 0.25) is 0 Å². The van der Waals surface area contributed by atoms with Gasteiger partial charge in [-0.2, -0.15) is 0 Å². The van der Waals surface area contributed by atoms with Crippen molar-refractivity contribution in [3.63, 3.8) is 0 Å². The third-order valence-electron chi connectivity index (χ3n) is 19.1. The Hall–Kier alpha value is -4.10. The molecule has 2 aliphatic heterocycles. The van der Waals surface area contributed by atoms with Crippen LogP contribution in [0.4, 0.5) is 0 Å². The fourth-order valence-corrected chi connectivity index (χ4v) is 15.5.